The van der Waals surface area contributed by atoms with Crippen LogP contribution < -0.4 is 0 Å². The van der Waals surface area contributed by atoms with Gasteiger partial charge in [-0.3, -0.25) is 4.79 Å². The summed E-state index contributed by atoms with van der Waals surface area (Å²) in [7, 11) is 0. The zero-order valence-electron chi connectivity index (χ0n) is 9.68. The third kappa shape index (κ3) is 1.92. The number of nitrogens with zero attached hydrogens (tertiary/aromatic N) is 3. The molecule has 0 amide bonds. The highest BCUT2D eigenvalue weighted by Gasteiger charge is 2.62. The van der Waals surface area contributed by atoms with Gasteiger partial charge in [0, 0.05) is 13.0 Å². The smallest absolute Gasteiger partial charge is 0.259 e. The largest absolute Gasteiger partial charge is 0.356 e. The maximum absolute atomic E-state index is 12.9. The van der Waals surface area contributed by atoms with Crippen LogP contribution in [0.3, 0.4) is 0 Å². The van der Waals surface area contributed by atoms with Gasteiger partial charge < -0.3 is 4.74 Å². The Hall–Kier alpha value is -1.37. The standard InChI is InChI=1S/C11H13F2N3O2/c12-11(13)5-7(11)9(17)10-14-6-15-16(10)8-3-1-2-4-18-8/h6-8H,1-5H2/t7-,8?/m1/s1. The van der Waals surface area contributed by atoms with Crippen molar-refractivity contribution in [3.8, 4) is 0 Å². The Morgan fingerprint density at radius 3 is 2.89 bits per heavy atom. The lowest BCUT2D eigenvalue weighted by molar-refractivity contribution is -0.0410. The SMILES string of the molecule is O=C(c1ncnn1C1CCCCO1)[C@H]1CC1(F)F. The zero-order valence-corrected chi connectivity index (χ0v) is 9.68. The summed E-state index contributed by atoms with van der Waals surface area (Å²) >= 11 is 0. The predicted octanol–water partition coefficient (Wildman–Crippen LogP) is 1.82. The molecule has 1 saturated heterocycles. The molecule has 0 radical (unpaired) electrons. The van der Waals surface area contributed by atoms with Crippen molar-refractivity contribution in [1.29, 1.82) is 0 Å². The number of Topliss-reactive ketones (excluding diaryl/α,β-unsaturated/α-hetero) is 1. The Morgan fingerprint density at radius 2 is 2.28 bits per heavy atom. The molecule has 1 unspecified atom stereocenters. The molecule has 1 aromatic heterocycles. The van der Waals surface area contributed by atoms with E-state index in [4.69, 9.17) is 4.74 Å². The summed E-state index contributed by atoms with van der Waals surface area (Å²) in [5.74, 6) is -4.75. The molecular formula is C11H13F2N3O2. The van der Waals surface area contributed by atoms with Crippen molar-refractivity contribution in [2.45, 2.75) is 37.8 Å². The Bertz CT molecular complexity index is 469. The van der Waals surface area contributed by atoms with Gasteiger partial charge in [0.25, 0.3) is 5.92 Å². The van der Waals surface area contributed by atoms with E-state index < -0.39 is 17.6 Å². The van der Waals surface area contributed by atoms with E-state index in [0.29, 0.717) is 6.61 Å². The summed E-state index contributed by atoms with van der Waals surface area (Å²) in [6.07, 6.45) is 3.14. The minimum atomic E-state index is -2.87. The number of rotatable bonds is 3. The summed E-state index contributed by atoms with van der Waals surface area (Å²) in [6, 6.07) is 0. The van der Waals surface area contributed by atoms with E-state index in [1.165, 1.54) is 11.0 Å². The van der Waals surface area contributed by atoms with Gasteiger partial charge in [0.2, 0.25) is 5.78 Å². The molecule has 0 spiro atoms. The average Bonchev–Trinajstić information content (AvgIpc) is 2.80. The molecule has 98 valence electrons. The van der Waals surface area contributed by atoms with E-state index >= 15 is 0 Å². The maximum Gasteiger partial charge on any atom is 0.259 e. The first-order valence-corrected chi connectivity index (χ1v) is 6.03. The zero-order chi connectivity index (χ0) is 12.8. The molecule has 1 aromatic rings. The van der Waals surface area contributed by atoms with Crippen molar-refractivity contribution >= 4 is 5.78 Å². The van der Waals surface area contributed by atoms with Gasteiger partial charge >= 0.3 is 0 Å². The number of halogens is 2. The van der Waals surface area contributed by atoms with Crippen LogP contribution in [-0.4, -0.2) is 33.1 Å². The van der Waals surface area contributed by atoms with Crippen LogP contribution >= 0.6 is 0 Å². The van der Waals surface area contributed by atoms with Crippen molar-refractivity contribution in [2.24, 2.45) is 5.92 Å². The monoisotopic (exact) mass is 257 g/mol. The third-order valence-corrected chi connectivity index (χ3v) is 3.36. The quantitative estimate of drug-likeness (QED) is 0.775. The van der Waals surface area contributed by atoms with Gasteiger partial charge in [-0.1, -0.05) is 0 Å². The molecule has 1 aliphatic carbocycles. The number of carbonyl (C=O) groups is 1. The van der Waals surface area contributed by atoms with Crippen LogP contribution in [0.4, 0.5) is 8.78 Å². The fourth-order valence-corrected chi connectivity index (χ4v) is 2.21. The minimum Gasteiger partial charge on any atom is -0.356 e. The van der Waals surface area contributed by atoms with E-state index in [-0.39, 0.29) is 18.5 Å². The normalized spacial score (nSPS) is 30.1. The maximum atomic E-state index is 12.9. The van der Waals surface area contributed by atoms with E-state index in [2.05, 4.69) is 10.1 Å². The molecule has 2 atom stereocenters. The highest BCUT2D eigenvalue weighted by Crippen LogP contribution is 2.50. The minimum absolute atomic E-state index is 0.0101. The fourth-order valence-electron chi connectivity index (χ4n) is 2.21. The number of hydrogen-bond acceptors (Lipinski definition) is 4. The van der Waals surface area contributed by atoms with Crippen LogP contribution in [-0.2, 0) is 4.74 Å². The summed E-state index contributed by atoms with van der Waals surface area (Å²) in [4.78, 5) is 15.7. The van der Waals surface area contributed by atoms with Gasteiger partial charge in [0.15, 0.2) is 12.1 Å². The molecule has 2 aliphatic rings. The average molecular weight is 257 g/mol. The Kier molecular flexibility index (Phi) is 2.65. The molecule has 18 heavy (non-hydrogen) atoms. The van der Waals surface area contributed by atoms with Crippen LogP contribution in [0, 0.1) is 5.92 Å². The molecule has 2 fully saturated rings. The lowest BCUT2D eigenvalue weighted by Crippen LogP contribution is -2.24. The lowest BCUT2D eigenvalue weighted by atomic mass is 10.2. The number of hydrogen-bond donors (Lipinski definition) is 0. The number of alkyl halides is 2. The second-order valence-corrected chi connectivity index (χ2v) is 4.73. The number of ether oxygens (including phenoxy) is 1. The molecule has 2 heterocycles. The topological polar surface area (TPSA) is 57.0 Å². The molecule has 1 aliphatic heterocycles. The molecule has 1 saturated carbocycles. The summed E-state index contributed by atoms with van der Waals surface area (Å²) < 4.78 is 32.6. The van der Waals surface area contributed by atoms with Crippen molar-refractivity contribution in [3.05, 3.63) is 12.2 Å². The van der Waals surface area contributed by atoms with E-state index in [1.807, 2.05) is 0 Å². The van der Waals surface area contributed by atoms with Gasteiger partial charge in [-0.25, -0.2) is 18.4 Å². The fraction of sp³-hybridized carbons (Fsp3) is 0.727. The lowest BCUT2D eigenvalue weighted by Gasteiger charge is -2.23. The third-order valence-electron chi connectivity index (χ3n) is 3.36. The first-order chi connectivity index (χ1) is 8.59. The summed E-state index contributed by atoms with van der Waals surface area (Å²) in [6.45, 7) is 0.595. The van der Waals surface area contributed by atoms with E-state index in [9.17, 15) is 13.6 Å². The molecule has 0 aromatic carbocycles. The van der Waals surface area contributed by atoms with Gasteiger partial charge in [-0.2, -0.15) is 5.10 Å². The summed E-state index contributed by atoms with van der Waals surface area (Å²) in [5, 5.41) is 3.93. The van der Waals surface area contributed by atoms with Gasteiger partial charge in [-0.05, 0) is 19.3 Å². The van der Waals surface area contributed by atoms with Crippen LogP contribution in [0.2, 0.25) is 0 Å². The summed E-state index contributed by atoms with van der Waals surface area (Å²) in [5.41, 5.74) is 0. The first kappa shape index (κ1) is 11.7. The Balaban J connectivity index is 1.81. The molecule has 0 bridgehead atoms. The van der Waals surface area contributed by atoms with Crippen molar-refractivity contribution in [2.75, 3.05) is 6.61 Å². The molecule has 5 nitrogen and oxygen atoms in total. The second kappa shape index (κ2) is 4.08. The first-order valence-electron chi connectivity index (χ1n) is 6.03. The van der Waals surface area contributed by atoms with Gasteiger partial charge in [-0.15, -0.1) is 0 Å². The van der Waals surface area contributed by atoms with Crippen LogP contribution in [0.15, 0.2) is 6.33 Å². The Labute approximate surface area is 102 Å². The molecule has 3 rings (SSSR count). The molecule has 7 heteroatoms. The van der Waals surface area contributed by atoms with Crippen molar-refractivity contribution in [3.63, 3.8) is 0 Å². The molecular weight excluding hydrogens is 244 g/mol. The van der Waals surface area contributed by atoms with E-state index in [1.54, 1.807) is 0 Å². The van der Waals surface area contributed by atoms with Gasteiger partial charge in [0.1, 0.15) is 6.33 Å². The van der Waals surface area contributed by atoms with Crippen LogP contribution in [0.25, 0.3) is 0 Å². The molecule has 0 N–H and O–H groups in total. The highest BCUT2D eigenvalue weighted by atomic mass is 19.3. The predicted molar refractivity (Wildman–Crippen MR) is 56.2 cm³/mol. The number of carbonyl (C=O) groups excluding carboxylic acids is 1. The second-order valence-electron chi connectivity index (χ2n) is 4.73. The van der Waals surface area contributed by atoms with Crippen molar-refractivity contribution < 1.29 is 18.3 Å². The highest BCUT2D eigenvalue weighted by molar-refractivity contribution is 5.97. The van der Waals surface area contributed by atoms with Crippen LogP contribution in [0.1, 0.15) is 42.5 Å². The Morgan fingerprint density at radius 1 is 1.50 bits per heavy atom. The van der Waals surface area contributed by atoms with E-state index in [0.717, 1.165) is 19.3 Å². The number of aromatic nitrogens is 3. The number of ketones is 1. The van der Waals surface area contributed by atoms with Crippen molar-refractivity contribution in [1.82, 2.24) is 14.8 Å². The van der Waals surface area contributed by atoms with Crippen LogP contribution in [0.5, 0.6) is 0 Å². The van der Waals surface area contributed by atoms with Gasteiger partial charge in [0.05, 0.1) is 5.92 Å².